The number of carbonyl (C=O) groups is 1. The lowest BCUT2D eigenvalue weighted by atomic mass is 10.2. The smallest absolute Gasteiger partial charge is 0.249 e. The fraction of sp³-hybridized carbons (Fsp3) is 0.417. The van der Waals surface area contributed by atoms with Crippen LogP contribution in [0.3, 0.4) is 0 Å². The number of amides is 1. The van der Waals surface area contributed by atoms with Crippen LogP contribution in [0, 0.1) is 0 Å². The third-order valence-electron chi connectivity index (χ3n) is 2.24. The maximum absolute atomic E-state index is 11.9. The zero-order chi connectivity index (χ0) is 12.1. The average molecular weight is 302 g/mol. The van der Waals surface area contributed by atoms with Crippen molar-refractivity contribution in [1.29, 1.82) is 0 Å². The van der Waals surface area contributed by atoms with Crippen LogP contribution in [0.2, 0.25) is 0 Å². The largest absolute Gasteiger partial charge is 0.338 e. The van der Waals surface area contributed by atoms with E-state index in [0.717, 1.165) is 21.3 Å². The number of halogens is 1. The summed E-state index contributed by atoms with van der Waals surface area (Å²) in [5.74, 6) is 0.101. The summed E-state index contributed by atoms with van der Waals surface area (Å²) in [5, 5.41) is 2.06. The topological polar surface area (TPSA) is 20.3 Å². The van der Waals surface area contributed by atoms with Gasteiger partial charge in [0.1, 0.15) is 0 Å². The van der Waals surface area contributed by atoms with Crippen molar-refractivity contribution in [3.63, 3.8) is 0 Å². The molecule has 0 aliphatic carbocycles. The molecule has 0 aliphatic rings. The number of rotatable bonds is 4. The summed E-state index contributed by atoms with van der Waals surface area (Å²) in [6, 6.07) is 2.05. The number of likely N-dealkylation sites (N-methyl/N-ethyl adjacent to an activating group) is 1. The van der Waals surface area contributed by atoms with E-state index in [0.29, 0.717) is 6.54 Å². The van der Waals surface area contributed by atoms with E-state index >= 15 is 0 Å². The third-order valence-corrected chi connectivity index (χ3v) is 3.79. The van der Waals surface area contributed by atoms with E-state index in [1.165, 1.54) is 0 Å². The van der Waals surface area contributed by atoms with Crippen LogP contribution in [0.4, 0.5) is 0 Å². The van der Waals surface area contributed by atoms with Crippen LogP contribution in [-0.2, 0) is 11.3 Å². The fourth-order valence-corrected chi connectivity index (χ4v) is 2.67. The van der Waals surface area contributed by atoms with Crippen LogP contribution in [-0.4, -0.2) is 17.9 Å². The number of hydrogen-bond acceptors (Lipinski definition) is 2. The first kappa shape index (κ1) is 13.5. The number of carbonyl (C=O) groups excluding carboxylic acids is 1. The summed E-state index contributed by atoms with van der Waals surface area (Å²) in [7, 11) is 1.83. The molecule has 0 saturated heterocycles. The van der Waals surface area contributed by atoms with Crippen molar-refractivity contribution in [3.8, 4) is 0 Å². The molecular weight excluding hydrogens is 286 g/mol. The van der Waals surface area contributed by atoms with Gasteiger partial charge in [0.05, 0.1) is 3.79 Å². The number of allylic oxidation sites excluding steroid dienone is 1. The zero-order valence-corrected chi connectivity index (χ0v) is 12.2. The molecule has 88 valence electrons. The molecule has 0 spiro atoms. The SMILES string of the molecule is CCC=C(C)C(=O)N(C)Cc1csc(Br)c1. The summed E-state index contributed by atoms with van der Waals surface area (Å²) in [4.78, 5) is 13.6. The molecule has 4 heteroatoms. The van der Waals surface area contributed by atoms with Gasteiger partial charge in [-0.2, -0.15) is 0 Å². The molecule has 0 fully saturated rings. The normalized spacial score (nSPS) is 11.6. The van der Waals surface area contributed by atoms with E-state index in [4.69, 9.17) is 0 Å². The quantitative estimate of drug-likeness (QED) is 0.774. The molecular formula is C12H16BrNOS. The van der Waals surface area contributed by atoms with Gasteiger partial charge in [-0.05, 0) is 46.3 Å². The minimum Gasteiger partial charge on any atom is -0.338 e. The molecule has 1 heterocycles. The molecule has 0 N–H and O–H groups in total. The molecule has 0 radical (unpaired) electrons. The van der Waals surface area contributed by atoms with Gasteiger partial charge in [-0.25, -0.2) is 0 Å². The van der Waals surface area contributed by atoms with Gasteiger partial charge in [0, 0.05) is 19.2 Å². The Balaban J connectivity index is 2.62. The van der Waals surface area contributed by atoms with Gasteiger partial charge in [0.15, 0.2) is 0 Å². The van der Waals surface area contributed by atoms with Crippen LogP contribution in [0.5, 0.6) is 0 Å². The first-order valence-electron chi connectivity index (χ1n) is 5.19. The summed E-state index contributed by atoms with van der Waals surface area (Å²) in [6.45, 7) is 4.56. The van der Waals surface area contributed by atoms with Gasteiger partial charge < -0.3 is 4.90 Å². The lowest BCUT2D eigenvalue weighted by Crippen LogP contribution is -2.26. The second kappa shape index (κ2) is 6.21. The lowest BCUT2D eigenvalue weighted by Gasteiger charge is -2.16. The van der Waals surface area contributed by atoms with Gasteiger partial charge in [0.25, 0.3) is 0 Å². The van der Waals surface area contributed by atoms with Gasteiger partial charge in [0.2, 0.25) is 5.91 Å². The van der Waals surface area contributed by atoms with E-state index in [9.17, 15) is 4.79 Å². The van der Waals surface area contributed by atoms with Gasteiger partial charge >= 0.3 is 0 Å². The van der Waals surface area contributed by atoms with E-state index in [-0.39, 0.29) is 5.91 Å². The Morgan fingerprint density at radius 1 is 1.62 bits per heavy atom. The Morgan fingerprint density at radius 3 is 2.81 bits per heavy atom. The summed E-state index contributed by atoms with van der Waals surface area (Å²) in [5.41, 5.74) is 1.98. The molecule has 1 aromatic heterocycles. The first-order chi connectivity index (χ1) is 7.54. The van der Waals surface area contributed by atoms with Gasteiger partial charge in [-0.15, -0.1) is 11.3 Å². The lowest BCUT2D eigenvalue weighted by molar-refractivity contribution is -0.126. The van der Waals surface area contributed by atoms with Crippen molar-refractivity contribution in [2.45, 2.75) is 26.8 Å². The summed E-state index contributed by atoms with van der Waals surface area (Å²) >= 11 is 5.06. The van der Waals surface area contributed by atoms with Crippen LogP contribution in [0.25, 0.3) is 0 Å². The second-order valence-corrected chi connectivity index (χ2v) is 6.01. The monoisotopic (exact) mass is 301 g/mol. The molecule has 1 amide bonds. The first-order valence-corrected chi connectivity index (χ1v) is 6.87. The molecule has 0 aromatic carbocycles. The van der Waals surface area contributed by atoms with E-state index < -0.39 is 0 Å². The van der Waals surface area contributed by atoms with Gasteiger partial charge in [-0.1, -0.05) is 13.0 Å². The molecule has 1 aromatic rings. The van der Waals surface area contributed by atoms with Crippen molar-refractivity contribution in [3.05, 3.63) is 32.4 Å². The molecule has 0 bridgehead atoms. The average Bonchev–Trinajstić information content (AvgIpc) is 2.63. The minimum atomic E-state index is 0.101. The zero-order valence-electron chi connectivity index (χ0n) is 9.79. The van der Waals surface area contributed by atoms with Crippen LogP contribution in [0.1, 0.15) is 25.8 Å². The highest BCUT2D eigenvalue weighted by molar-refractivity contribution is 9.11. The Labute approximate surface area is 109 Å². The van der Waals surface area contributed by atoms with Crippen LogP contribution >= 0.6 is 27.3 Å². The van der Waals surface area contributed by atoms with Crippen molar-refractivity contribution in [2.24, 2.45) is 0 Å². The molecule has 0 aliphatic heterocycles. The van der Waals surface area contributed by atoms with Crippen molar-refractivity contribution >= 4 is 33.2 Å². The Kier molecular flexibility index (Phi) is 5.22. The highest BCUT2D eigenvalue weighted by atomic mass is 79.9. The predicted molar refractivity (Wildman–Crippen MR) is 72.5 cm³/mol. The van der Waals surface area contributed by atoms with Crippen LogP contribution in [0.15, 0.2) is 26.9 Å². The molecule has 1 rings (SSSR count). The predicted octanol–water partition coefficient (Wildman–Crippen LogP) is 3.83. The summed E-state index contributed by atoms with van der Waals surface area (Å²) < 4.78 is 1.10. The molecule has 0 saturated carbocycles. The highest BCUT2D eigenvalue weighted by Gasteiger charge is 2.11. The maximum Gasteiger partial charge on any atom is 0.249 e. The fourth-order valence-electron chi connectivity index (χ4n) is 1.47. The highest BCUT2D eigenvalue weighted by Crippen LogP contribution is 2.21. The van der Waals surface area contributed by atoms with E-state index in [1.807, 2.05) is 33.0 Å². The van der Waals surface area contributed by atoms with Crippen LogP contribution < -0.4 is 0 Å². The number of thiophene rings is 1. The molecule has 16 heavy (non-hydrogen) atoms. The molecule has 0 unspecified atom stereocenters. The maximum atomic E-state index is 11.9. The standard InChI is InChI=1S/C12H16BrNOS/c1-4-5-9(2)12(15)14(3)7-10-6-11(13)16-8-10/h5-6,8H,4,7H2,1-3H3. The second-order valence-electron chi connectivity index (χ2n) is 3.72. The summed E-state index contributed by atoms with van der Waals surface area (Å²) in [6.07, 6.45) is 2.86. The minimum absolute atomic E-state index is 0.101. The Morgan fingerprint density at radius 2 is 2.31 bits per heavy atom. The van der Waals surface area contributed by atoms with E-state index in [2.05, 4.69) is 21.3 Å². The van der Waals surface area contributed by atoms with E-state index in [1.54, 1.807) is 16.2 Å². The molecule has 0 atom stereocenters. The van der Waals surface area contributed by atoms with Gasteiger partial charge in [-0.3, -0.25) is 4.79 Å². The van der Waals surface area contributed by atoms with Crippen molar-refractivity contribution in [2.75, 3.05) is 7.05 Å². The van der Waals surface area contributed by atoms with Crippen molar-refractivity contribution in [1.82, 2.24) is 4.90 Å². The molecule has 2 nitrogen and oxygen atoms in total. The Hall–Kier alpha value is -0.610. The third kappa shape index (κ3) is 3.76. The number of hydrogen-bond donors (Lipinski definition) is 0. The van der Waals surface area contributed by atoms with Crippen molar-refractivity contribution < 1.29 is 4.79 Å². The Bertz CT molecular complexity index is 397. The number of nitrogens with zero attached hydrogens (tertiary/aromatic N) is 1.